The van der Waals surface area contributed by atoms with E-state index in [0.29, 0.717) is 73.3 Å². The Balaban J connectivity index is 1.16. The van der Waals surface area contributed by atoms with Gasteiger partial charge >= 0.3 is 0 Å². The van der Waals surface area contributed by atoms with E-state index in [4.69, 9.17) is 0 Å². The zero-order valence-electron chi connectivity index (χ0n) is 24.3. The van der Waals surface area contributed by atoms with Crippen molar-refractivity contribution in [1.82, 2.24) is 33.3 Å². The summed E-state index contributed by atoms with van der Waals surface area (Å²) in [6.07, 6.45) is 9.98. The van der Waals surface area contributed by atoms with Gasteiger partial charge in [0.25, 0.3) is 15.9 Å². The topological polar surface area (TPSA) is 172 Å². The molecule has 3 aliphatic rings. The van der Waals surface area contributed by atoms with Crippen LogP contribution >= 0.6 is 0 Å². The van der Waals surface area contributed by atoms with E-state index in [1.807, 2.05) is 18.7 Å². The summed E-state index contributed by atoms with van der Waals surface area (Å²) in [5.41, 5.74) is 1.50. The lowest BCUT2D eigenvalue weighted by Gasteiger charge is -2.52. The minimum atomic E-state index is -3.50. The maximum atomic E-state index is 13.6. The molecule has 1 aliphatic carbocycles. The predicted octanol–water partition coefficient (Wildman–Crippen LogP) is 2.14. The maximum absolute atomic E-state index is 13.6. The largest absolute Gasteiger partial charge is 0.382 e. The summed E-state index contributed by atoms with van der Waals surface area (Å²) in [6.45, 7) is 6.11. The molecule has 16 heteroatoms. The molecule has 0 atom stereocenters. The number of rotatable bonds is 9. The number of nitrogens with zero attached hydrogens (tertiary/aromatic N) is 7. The lowest BCUT2D eigenvalue weighted by molar-refractivity contribution is 0.00334. The first-order valence-electron chi connectivity index (χ1n) is 14.2. The monoisotopic (exact) mass is 629 g/mol. The third-order valence-electron chi connectivity index (χ3n) is 8.12. The smallest absolute Gasteiger partial charge is 0.257 e. The molecule has 230 valence electrons. The van der Waals surface area contributed by atoms with Crippen LogP contribution in [0.15, 0.2) is 36.9 Å². The summed E-state index contributed by atoms with van der Waals surface area (Å²) in [5, 5.41) is 10.1. The van der Waals surface area contributed by atoms with E-state index < -0.39 is 20.0 Å². The molecule has 3 aromatic heterocycles. The molecule has 2 N–H and O–H groups in total. The molecular weight excluding hydrogens is 594 g/mol. The number of carbonyl (C=O) groups excluding carboxylic acids is 1. The molecule has 3 aromatic rings. The van der Waals surface area contributed by atoms with Crippen LogP contribution in [0.2, 0.25) is 0 Å². The van der Waals surface area contributed by atoms with Crippen molar-refractivity contribution in [3.05, 3.63) is 42.5 Å². The van der Waals surface area contributed by atoms with Crippen molar-refractivity contribution in [3.8, 4) is 11.4 Å². The van der Waals surface area contributed by atoms with Crippen molar-refractivity contribution >= 4 is 43.3 Å². The highest BCUT2D eigenvalue weighted by Gasteiger charge is 2.48. The molecule has 0 aromatic carbocycles. The number of aromatic nitrogens is 5. The van der Waals surface area contributed by atoms with Crippen molar-refractivity contribution < 1.29 is 21.6 Å². The second kappa shape index (κ2) is 10.8. The second-order valence-corrected chi connectivity index (χ2v) is 16.0. The van der Waals surface area contributed by atoms with Gasteiger partial charge in [-0.15, -0.1) is 0 Å². The van der Waals surface area contributed by atoms with Crippen LogP contribution in [0.1, 0.15) is 49.9 Å². The average molecular weight is 630 g/mol. The lowest BCUT2D eigenvalue weighted by Crippen LogP contribution is -2.61. The van der Waals surface area contributed by atoms with Crippen LogP contribution < -0.4 is 10.6 Å². The minimum absolute atomic E-state index is 0.0501. The molecule has 14 nitrogen and oxygen atoms in total. The normalized spacial score (nSPS) is 18.9. The predicted molar refractivity (Wildman–Crippen MR) is 161 cm³/mol. The molecule has 2 aliphatic heterocycles. The number of hydrogen-bond acceptors (Lipinski definition) is 11. The fourth-order valence-electron chi connectivity index (χ4n) is 5.51. The van der Waals surface area contributed by atoms with E-state index in [0.717, 1.165) is 16.9 Å². The first kappa shape index (κ1) is 29.4. The molecular formula is C27H35N9O5S2. The van der Waals surface area contributed by atoms with Crippen LogP contribution in [-0.4, -0.2) is 99.8 Å². The van der Waals surface area contributed by atoms with Crippen molar-refractivity contribution in [2.45, 2.75) is 50.8 Å². The van der Waals surface area contributed by atoms with Gasteiger partial charge in [0, 0.05) is 56.1 Å². The quantitative estimate of drug-likeness (QED) is 0.355. The van der Waals surface area contributed by atoms with Crippen LogP contribution in [0.5, 0.6) is 0 Å². The summed E-state index contributed by atoms with van der Waals surface area (Å²) in [6, 6.07) is 3.48. The van der Waals surface area contributed by atoms with Crippen LogP contribution in [0.4, 0.5) is 17.3 Å². The number of hydrogen-bond donors (Lipinski definition) is 2. The van der Waals surface area contributed by atoms with Crippen molar-refractivity contribution in [2.24, 2.45) is 5.41 Å². The van der Waals surface area contributed by atoms with E-state index in [2.05, 4.69) is 30.7 Å². The third-order valence-corrected chi connectivity index (χ3v) is 11.4. The number of likely N-dealkylation sites (tertiary alicyclic amines) is 1. The number of sulfonamides is 1. The van der Waals surface area contributed by atoms with Crippen molar-refractivity contribution in [1.29, 1.82) is 0 Å². The molecule has 3 fully saturated rings. The second-order valence-electron chi connectivity index (χ2n) is 12.0. The number of anilines is 3. The molecule has 5 heterocycles. The van der Waals surface area contributed by atoms with Gasteiger partial charge in [-0.1, -0.05) is 0 Å². The molecule has 1 saturated carbocycles. The number of amides is 1. The highest BCUT2D eigenvalue weighted by molar-refractivity contribution is 7.90. The Hall–Kier alpha value is -3.63. The molecule has 1 spiro atoms. The zero-order valence-corrected chi connectivity index (χ0v) is 25.9. The van der Waals surface area contributed by atoms with Crippen LogP contribution in [0, 0.1) is 5.41 Å². The Morgan fingerprint density at radius 2 is 1.77 bits per heavy atom. The summed E-state index contributed by atoms with van der Waals surface area (Å²) in [4.78, 5) is 28.7. The molecule has 0 bridgehead atoms. The van der Waals surface area contributed by atoms with E-state index in [-0.39, 0.29) is 22.6 Å². The van der Waals surface area contributed by atoms with Gasteiger partial charge in [-0.05, 0) is 45.6 Å². The first-order valence-corrected chi connectivity index (χ1v) is 17.6. The SMILES string of the molecule is CC(C)Nc1cc(Nc2ccnc(-c3cnn(S(=O)(=O)C4CC4)c3)n2)ncc1C(=O)N1CCC2(CC1)CN(S(C)(=O)=O)C2. The van der Waals surface area contributed by atoms with Crippen LogP contribution in [-0.2, 0) is 20.0 Å². The van der Waals surface area contributed by atoms with E-state index in [9.17, 15) is 21.6 Å². The standard InChI is InChI=1S/C27H35N9O5S2/c1-18(2)31-22-12-24(29-14-21(22)26(37)34-10-7-27(8-11-34)16-35(17-27)42(3,38)39)32-23-6-9-28-25(33-23)19-13-30-36(15-19)43(40,41)20-4-5-20/h6,9,12-15,18,20H,4-5,7-8,10-11,16-17H2,1-3H3,(H2,28,29,31,32,33). The Morgan fingerprint density at radius 3 is 2.42 bits per heavy atom. The molecule has 6 rings (SSSR count). The summed E-state index contributed by atoms with van der Waals surface area (Å²) in [7, 11) is -6.68. The zero-order chi connectivity index (χ0) is 30.6. The van der Waals surface area contributed by atoms with Gasteiger partial charge < -0.3 is 15.5 Å². The highest BCUT2D eigenvalue weighted by Crippen LogP contribution is 2.42. The first-order chi connectivity index (χ1) is 20.3. The van der Waals surface area contributed by atoms with E-state index >= 15 is 0 Å². The molecule has 1 amide bonds. The summed E-state index contributed by atoms with van der Waals surface area (Å²) in [5.74, 6) is 1.08. The average Bonchev–Trinajstić information content (AvgIpc) is 3.68. The van der Waals surface area contributed by atoms with Crippen LogP contribution in [0.25, 0.3) is 11.4 Å². The van der Waals surface area contributed by atoms with Gasteiger partial charge in [-0.3, -0.25) is 4.79 Å². The Labute approximate surface area is 251 Å². The Morgan fingerprint density at radius 1 is 1.05 bits per heavy atom. The van der Waals surface area contributed by atoms with Crippen LogP contribution in [0.3, 0.4) is 0 Å². The fourth-order valence-corrected chi connectivity index (χ4v) is 8.00. The van der Waals surface area contributed by atoms with Gasteiger partial charge in [-0.2, -0.15) is 9.19 Å². The third kappa shape index (κ3) is 6.08. The van der Waals surface area contributed by atoms with Gasteiger partial charge in [-0.25, -0.2) is 36.1 Å². The van der Waals surface area contributed by atoms with Crippen molar-refractivity contribution in [2.75, 3.05) is 43.1 Å². The number of nitrogens with one attached hydrogen (secondary N) is 2. The van der Waals surface area contributed by atoms with Gasteiger partial charge in [0.2, 0.25) is 10.0 Å². The molecule has 0 radical (unpaired) electrons. The van der Waals surface area contributed by atoms with Crippen molar-refractivity contribution in [3.63, 3.8) is 0 Å². The lowest BCUT2D eigenvalue weighted by atomic mass is 9.73. The van der Waals surface area contributed by atoms with E-state index in [1.165, 1.54) is 23.0 Å². The highest BCUT2D eigenvalue weighted by atomic mass is 32.2. The summed E-state index contributed by atoms with van der Waals surface area (Å²) < 4.78 is 51.1. The number of carbonyl (C=O) groups is 1. The van der Waals surface area contributed by atoms with Gasteiger partial charge in [0.1, 0.15) is 11.6 Å². The van der Waals surface area contributed by atoms with E-state index in [1.54, 1.807) is 24.5 Å². The molecule has 0 unspecified atom stereocenters. The Bertz CT molecular complexity index is 1750. The number of pyridine rings is 1. The molecule has 2 saturated heterocycles. The van der Waals surface area contributed by atoms with Gasteiger partial charge in [0.05, 0.1) is 40.7 Å². The Kier molecular flexibility index (Phi) is 7.41. The molecule has 43 heavy (non-hydrogen) atoms. The number of piperidine rings is 1. The van der Waals surface area contributed by atoms with Gasteiger partial charge in [0.15, 0.2) is 5.82 Å². The summed E-state index contributed by atoms with van der Waals surface area (Å²) >= 11 is 0. The minimum Gasteiger partial charge on any atom is -0.382 e. The maximum Gasteiger partial charge on any atom is 0.257 e. The fraction of sp³-hybridized carbons (Fsp3) is 0.519.